The number of H-pyrrole nitrogens is 1. The average Bonchev–Trinajstić information content (AvgIpc) is 3.13. The van der Waals surface area contributed by atoms with E-state index in [0.717, 1.165) is 35.9 Å². The standard InChI is InChI=1S/C14H18N4O2S/c1-2-3-6-15-14(20)10-7-9-11(21-10)12(18-17-9)16-13(19)8-4-5-8/h7-8H,2-6H2,1H3,(H,15,20)(H2,16,17,18,19). The van der Waals surface area contributed by atoms with Gasteiger partial charge in [0.2, 0.25) is 5.91 Å². The number of carbonyl (C=O) groups is 2. The number of unbranched alkanes of at least 4 members (excludes halogenated alkanes) is 1. The Hall–Kier alpha value is -1.89. The first kappa shape index (κ1) is 14.1. The monoisotopic (exact) mass is 306 g/mol. The number of aromatic amines is 1. The summed E-state index contributed by atoms with van der Waals surface area (Å²) in [5, 5.41) is 12.7. The van der Waals surface area contributed by atoms with Crippen molar-refractivity contribution < 1.29 is 9.59 Å². The second kappa shape index (κ2) is 5.85. The quantitative estimate of drug-likeness (QED) is 0.717. The largest absolute Gasteiger partial charge is 0.351 e. The van der Waals surface area contributed by atoms with Crippen LogP contribution in [0.1, 0.15) is 42.3 Å². The molecule has 21 heavy (non-hydrogen) atoms. The molecule has 0 spiro atoms. The smallest absolute Gasteiger partial charge is 0.261 e. The van der Waals surface area contributed by atoms with Crippen molar-refractivity contribution in [2.45, 2.75) is 32.6 Å². The average molecular weight is 306 g/mol. The van der Waals surface area contributed by atoms with E-state index < -0.39 is 0 Å². The zero-order chi connectivity index (χ0) is 14.8. The summed E-state index contributed by atoms with van der Waals surface area (Å²) in [6, 6.07) is 1.78. The van der Waals surface area contributed by atoms with Crippen LogP contribution in [0.5, 0.6) is 0 Å². The normalized spacial score (nSPS) is 14.3. The van der Waals surface area contributed by atoms with Gasteiger partial charge in [0.1, 0.15) is 0 Å². The van der Waals surface area contributed by atoms with Crippen LogP contribution in [0, 0.1) is 5.92 Å². The Bertz CT molecular complexity index is 672. The lowest BCUT2D eigenvalue weighted by Gasteiger charge is -2.01. The van der Waals surface area contributed by atoms with Crippen molar-refractivity contribution in [2.24, 2.45) is 5.92 Å². The minimum absolute atomic E-state index is 0.0192. The van der Waals surface area contributed by atoms with Gasteiger partial charge in [0.15, 0.2) is 5.82 Å². The Balaban J connectivity index is 1.72. The van der Waals surface area contributed by atoms with Crippen molar-refractivity contribution in [3.05, 3.63) is 10.9 Å². The maximum Gasteiger partial charge on any atom is 0.261 e. The summed E-state index contributed by atoms with van der Waals surface area (Å²) < 4.78 is 0.824. The van der Waals surface area contributed by atoms with Crippen molar-refractivity contribution >= 4 is 39.2 Å². The first-order valence-electron chi connectivity index (χ1n) is 7.26. The Kier molecular flexibility index (Phi) is 3.92. The molecule has 0 unspecified atom stereocenters. The van der Waals surface area contributed by atoms with Crippen LogP contribution in [-0.4, -0.2) is 28.6 Å². The number of amides is 2. The molecule has 0 saturated heterocycles. The van der Waals surface area contributed by atoms with Gasteiger partial charge in [-0.05, 0) is 25.3 Å². The Morgan fingerprint density at radius 2 is 2.29 bits per heavy atom. The first-order chi connectivity index (χ1) is 10.2. The summed E-state index contributed by atoms with van der Waals surface area (Å²) in [5.41, 5.74) is 0.784. The molecule has 0 bridgehead atoms. The molecule has 2 aromatic heterocycles. The third-order valence-electron chi connectivity index (χ3n) is 3.46. The van der Waals surface area contributed by atoms with E-state index in [2.05, 4.69) is 27.8 Å². The van der Waals surface area contributed by atoms with Crippen LogP contribution in [0.15, 0.2) is 6.07 Å². The third kappa shape index (κ3) is 3.07. The number of hydrogen-bond donors (Lipinski definition) is 3. The summed E-state index contributed by atoms with van der Waals surface area (Å²) >= 11 is 1.35. The second-order valence-corrected chi connectivity index (χ2v) is 6.35. The third-order valence-corrected chi connectivity index (χ3v) is 4.61. The lowest BCUT2D eigenvalue weighted by Crippen LogP contribution is -2.23. The number of fused-ring (bicyclic) bond motifs is 1. The molecular weight excluding hydrogens is 288 g/mol. The zero-order valence-corrected chi connectivity index (χ0v) is 12.7. The van der Waals surface area contributed by atoms with E-state index in [-0.39, 0.29) is 17.7 Å². The molecule has 0 aromatic carbocycles. The lowest BCUT2D eigenvalue weighted by molar-refractivity contribution is -0.117. The first-order valence-corrected chi connectivity index (χ1v) is 8.07. The maximum atomic E-state index is 12.0. The number of nitrogens with zero attached hydrogens (tertiary/aromatic N) is 1. The minimum atomic E-state index is -0.0717. The molecule has 1 saturated carbocycles. The predicted octanol–water partition coefficient (Wildman–Crippen LogP) is 2.50. The zero-order valence-electron chi connectivity index (χ0n) is 11.9. The van der Waals surface area contributed by atoms with Crippen molar-refractivity contribution in [3.63, 3.8) is 0 Å². The van der Waals surface area contributed by atoms with Gasteiger partial charge in [-0.3, -0.25) is 14.7 Å². The van der Waals surface area contributed by atoms with Crippen molar-refractivity contribution in [3.8, 4) is 0 Å². The molecule has 2 amide bonds. The van der Waals surface area contributed by atoms with Crippen molar-refractivity contribution in [1.29, 1.82) is 0 Å². The molecule has 2 aromatic rings. The Morgan fingerprint density at radius 1 is 1.48 bits per heavy atom. The van der Waals surface area contributed by atoms with Gasteiger partial charge in [-0.2, -0.15) is 5.10 Å². The fraction of sp³-hybridized carbons (Fsp3) is 0.500. The van der Waals surface area contributed by atoms with E-state index in [0.29, 0.717) is 17.2 Å². The number of carbonyl (C=O) groups excluding carboxylic acids is 2. The molecule has 1 fully saturated rings. The van der Waals surface area contributed by atoms with Crippen LogP contribution in [0.3, 0.4) is 0 Å². The van der Waals surface area contributed by atoms with Gasteiger partial charge in [-0.25, -0.2) is 0 Å². The van der Waals surface area contributed by atoms with E-state index >= 15 is 0 Å². The van der Waals surface area contributed by atoms with Crippen LogP contribution >= 0.6 is 11.3 Å². The molecule has 0 atom stereocenters. The van der Waals surface area contributed by atoms with Gasteiger partial charge in [0, 0.05) is 12.5 Å². The molecule has 3 N–H and O–H groups in total. The minimum Gasteiger partial charge on any atom is -0.351 e. The highest BCUT2D eigenvalue weighted by Crippen LogP contribution is 2.33. The lowest BCUT2D eigenvalue weighted by atomic mass is 10.3. The van der Waals surface area contributed by atoms with Gasteiger partial charge in [-0.1, -0.05) is 13.3 Å². The second-order valence-electron chi connectivity index (χ2n) is 5.30. The van der Waals surface area contributed by atoms with E-state index in [4.69, 9.17) is 0 Å². The maximum absolute atomic E-state index is 12.0. The van der Waals surface area contributed by atoms with Crippen LogP contribution in [0.2, 0.25) is 0 Å². The number of hydrogen-bond acceptors (Lipinski definition) is 4. The van der Waals surface area contributed by atoms with E-state index in [1.54, 1.807) is 6.07 Å². The molecule has 7 heteroatoms. The van der Waals surface area contributed by atoms with Gasteiger partial charge >= 0.3 is 0 Å². The summed E-state index contributed by atoms with van der Waals surface area (Å²) in [7, 11) is 0. The highest BCUT2D eigenvalue weighted by Gasteiger charge is 2.30. The number of aromatic nitrogens is 2. The van der Waals surface area contributed by atoms with Gasteiger partial charge in [0.25, 0.3) is 5.91 Å². The molecule has 6 nitrogen and oxygen atoms in total. The van der Waals surface area contributed by atoms with E-state index in [1.807, 2.05) is 0 Å². The molecule has 0 aliphatic heterocycles. The Morgan fingerprint density at radius 3 is 3.00 bits per heavy atom. The summed E-state index contributed by atoms with van der Waals surface area (Å²) in [5.74, 6) is 0.608. The number of rotatable bonds is 6. The van der Waals surface area contributed by atoms with Crippen LogP contribution in [0.25, 0.3) is 10.2 Å². The highest BCUT2D eigenvalue weighted by molar-refractivity contribution is 7.21. The fourth-order valence-corrected chi connectivity index (χ4v) is 3.01. The van der Waals surface area contributed by atoms with Crippen LogP contribution in [-0.2, 0) is 4.79 Å². The molecule has 3 rings (SSSR count). The van der Waals surface area contributed by atoms with Crippen molar-refractivity contribution in [1.82, 2.24) is 15.5 Å². The topological polar surface area (TPSA) is 86.9 Å². The molecule has 0 radical (unpaired) electrons. The summed E-state index contributed by atoms with van der Waals surface area (Å²) in [6.45, 7) is 2.77. The summed E-state index contributed by atoms with van der Waals surface area (Å²) in [6.07, 6.45) is 3.93. The number of nitrogens with one attached hydrogen (secondary N) is 3. The predicted molar refractivity (Wildman–Crippen MR) is 82.6 cm³/mol. The van der Waals surface area contributed by atoms with Gasteiger partial charge in [0.05, 0.1) is 15.1 Å². The number of anilines is 1. The van der Waals surface area contributed by atoms with Gasteiger partial charge < -0.3 is 10.6 Å². The number of thiophene rings is 1. The molecule has 2 heterocycles. The Labute approximate surface area is 126 Å². The van der Waals surface area contributed by atoms with E-state index in [9.17, 15) is 9.59 Å². The highest BCUT2D eigenvalue weighted by atomic mass is 32.1. The SMILES string of the molecule is CCCCNC(=O)c1cc2[nH]nc(NC(=O)C3CC3)c2s1. The van der Waals surface area contributed by atoms with E-state index in [1.165, 1.54) is 11.3 Å². The molecule has 1 aliphatic rings. The fourth-order valence-electron chi connectivity index (χ4n) is 2.04. The van der Waals surface area contributed by atoms with Crippen LogP contribution in [0.4, 0.5) is 5.82 Å². The molecular formula is C14H18N4O2S. The van der Waals surface area contributed by atoms with Crippen molar-refractivity contribution in [2.75, 3.05) is 11.9 Å². The van der Waals surface area contributed by atoms with Gasteiger partial charge in [-0.15, -0.1) is 11.3 Å². The van der Waals surface area contributed by atoms with Crippen LogP contribution < -0.4 is 10.6 Å². The summed E-state index contributed by atoms with van der Waals surface area (Å²) in [4.78, 5) is 24.4. The molecule has 1 aliphatic carbocycles. The molecule has 112 valence electrons.